The predicted molar refractivity (Wildman–Crippen MR) is 59.6 cm³/mol. The zero-order chi connectivity index (χ0) is 13.8. The van der Waals surface area contributed by atoms with Crippen LogP contribution >= 0.6 is 0 Å². The van der Waals surface area contributed by atoms with Crippen molar-refractivity contribution < 1.29 is 23.1 Å². The minimum Gasteiger partial charge on any atom is -0.480 e. The Morgan fingerprint density at radius 3 is 2.67 bits per heavy atom. The van der Waals surface area contributed by atoms with Crippen molar-refractivity contribution in [3.05, 3.63) is 12.2 Å². The third-order valence-electron chi connectivity index (χ3n) is 2.01. The topological polar surface area (TPSA) is 142 Å². The van der Waals surface area contributed by atoms with Crippen molar-refractivity contribution in [1.29, 1.82) is 0 Å². The molecule has 0 aliphatic carbocycles. The normalized spacial score (nSPS) is 12.9. The number of carbonyl (C=O) groups excluding carboxylic acids is 1. The van der Waals surface area contributed by atoms with Crippen molar-refractivity contribution in [2.24, 2.45) is 0 Å². The van der Waals surface area contributed by atoms with Gasteiger partial charge >= 0.3 is 5.97 Å². The van der Waals surface area contributed by atoms with E-state index in [-0.39, 0.29) is 18.0 Å². The summed E-state index contributed by atoms with van der Waals surface area (Å²) < 4.78 is 21.9. The number of carboxylic acids is 1. The number of aliphatic carboxylic acids is 1. The van der Waals surface area contributed by atoms with Gasteiger partial charge in [-0.1, -0.05) is 0 Å². The lowest BCUT2D eigenvalue weighted by atomic mass is 10.2. The molecule has 0 radical (unpaired) electrons. The fourth-order valence-corrected chi connectivity index (χ4v) is 1.79. The molecule has 18 heavy (non-hydrogen) atoms. The number of nitrogens with zero attached hydrogens (tertiary/aromatic N) is 2. The number of sulfone groups is 1. The Balaban J connectivity index is 2.64. The smallest absolute Gasteiger partial charge is 0.326 e. The highest BCUT2D eigenvalue weighted by Crippen LogP contribution is 1.98. The van der Waals surface area contributed by atoms with Crippen molar-refractivity contribution in [2.75, 3.05) is 12.0 Å². The van der Waals surface area contributed by atoms with Crippen molar-refractivity contribution in [3.63, 3.8) is 0 Å². The lowest BCUT2D eigenvalue weighted by Crippen LogP contribution is -2.42. The zero-order valence-corrected chi connectivity index (χ0v) is 10.3. The number of hydrogen-bond acceptors (Lipinski definition) is 6. The molecule has 0 saturated heterocycles. The van der Waals surface area contributed by atoms with E-state index in [9.17, 15) is 18.0 Å². The molecule has 0 saturated carbocycles. The first kappa shape index (κ1) is 14.1. The molecule has 0 aliphatic rings. The zero-order valence-electron chi connectivity index (χ0n) is 9.45. The number of nitrogens with one attached hydrogen (secondary N) is 2. The molecule has 100 valence electrons. The molecule has 0 fully saturated rings. The van der Waals surface area contributed by atoms with Crippen molar-refractivity contribution in [3.8, 4) is 0 Å². The molecule has 1 amide bonds. The number of carboxylic acid groups (broad SMARTS) is 1. The van der Waals surface area contributed by atoms with E-state index in [1.807, 2.05) is 0 Å². The Morgan fingerprint density at radius 1 is 1.56 bits per heavy atom. The van der Waals surface area contributed by atoms with Crippen molar-refractivity contribution in [1.82, 2.24) is 20.5 Å². The fourth-order valence-electron chi connectivity index (χ4n) is 1.13. The molecule has 0 spiro atoms. The van der Waals surface area contributed by atoms with Gasteiger partial charge < -0.3 is 10.4 Å². The van der Waals surface area contributed by atoms with Gasteiger partial charge in [-0.3, -0.25) is 9.89 Å². The van der Waals surface area contributed by atoms with Crippen LogP contribution < -0.4 is 5.32 Å². The second-order valence-corrected chi connectivity index (χ2v) is 5.88. The number of aromatic amines is 1. The van der Waals surface area contributed by atoms with Gasteiger partial charge in [0, 0.05) is 6.26 Å². The Morgan fingerprint density at radius 2 is 2.22 bits per heavy atom. The average molecular weight is 276 g/mol. The standard InChI is InChI=1S/C8H12N4O5S/c1-18(16,17)3-2-5(8(14)15)11-7(13)6-9-4-10-12-6/h4-5H,2-3H2,1H3,(H,11,13)(H,14,15)(H,9,10,12). The largest absolute Gasteiger partial charge is 0.480 e. The van der Waals surface area contributed by atoms with Crippen molar-refractivity contribution in [2.45, 2.75) is 12.5 Å². The lowest BCUT2D eigenvalue weighted by Gasteiger charge is -2.12. The van der Waals surface area contributed by atoms with E-state index < -0.39 is 27.8 Å². The molecule has 9 nitrogen and oxygen atoms in total. The Bertz CT molecular complexity index is 524. The van der Waals surface area contributed by atoms with E-state index in [1.165, 1.54) is 0 Å². The molecule has 3 N–H and O–H groups in total. The van der Waals surface area contributed by atoms with Gasteiger partial charge in [-0.05, 0) is 6.42 Å². The Labute approximate surface area is 103 Å². The molecule has 1 atom stereocenters. The van der Waals surface area contributed by atoms with Crippen LogP contribution in [0.2, 0.25) is 0 Å². The first-order valence-corrected chi connectivity index (χ1v) is 6.92. The second-order valence-electron chi connectivity index (χ2n) is 3.62. The minimum atomic E-state index is -3.29. The molecule has 1 unspecified atom stereocenters. The van der Waals surface area contributed by atoms with Crippen LogP contribution in [-0.4, -0.2) is 58.6 Å². The van der Waals surface area contributed by atoms with E-state index in [1.54, 1.807) is 0 Å². The number of amides is 1. The van der Waals surface area contributed by atoms with Crippen LogP contribution in [-0.2, 0) is 14.6 Å². The lowest BCUT2D eigenvalue weighted by molar-refractivity contribution is -0.139. The van der Waals surface area contributed by atoms with Crippen molar-refractivity contribution >= 4 is 21.7 Å². The second kappa shape index (κ2) is 5.58. The fraction of sp³-hybridized carbons (Fsp3) is 0.500. The van der Waals surface area contributed by atoms with Crippen LogP contribution in [0.1, 0.15) is 17.0 Å². The number of carbonyl (C=O) groups is 2. The maximum absolute atomic E-state index is 11.5. The summed E-state index contributed by atoms with van der Waals surface area (Å²) >= 11 is 0. The van der Waals surface area contributed by atoms with Gasteiger partial charge in [0.25, 0.3) is 5.91 Å². The van der Waals surface area contributed by atoms with E-state index in [4.69, 9.17) is 5.11 Å². The van der Waals surface area contributed by atoms with Crippen LogP contribution in [0.4, 0.5) is 0 Å². The molecule has 0 bridgehead atoms. The summed E-state index contributed by atoms with van der Waals surface area (Å²) in [5, 5.41) is 16.7. The summed E-state index contributed by atoms with van der Waals surface area (Å²) in [6, 6.07) is -1.29. The van der Waals surface area contributed by atoms with Gasteiger partial charge in [-0.15, -0.1) is 0 Å². The summed E-state index contributed by atoms with van der Waals surface area (Å²) in [7, 11) is -3.29. The van der Waals surface area contributed by atoms with Gasteiger partial charge in [-0.25, -0.2) is 18.2 Å². The summed E-state index contributed by atoms with van der Waals surface area (Å²) in [5.74, 6) is -2.54. The first-order chi connectivity index (χ1) is 8.29. The van der Waals surface area contributed by atoms with E-state index in [2.05, 4.69) is 20.5 Å². The summed E-state index contributed by atoms with van der Waals surface area (Å²) in [6.07, 6.45) is 1.87. The van der Waals surface area contributed by atoms with Crippen LogP contribution in [0.25, 0.3) is 0 Å². The third kappa shape index (κ3) is 4.49. The van der Waals surface area contributed by atoms with Gasteiger partial charge in [-0.2, -0.15) is 5.10 Å². The number of hydrogen-bond donors (Lipinski definition) is 3. The summed E-state index contributed by atoms with van der Waals surface area (Å²) in [6.45, 7) is 0. The third-order valence-corrected chi connectivity index (χ3v) is 2.99. The number of H-pyrrole nitrogens is 1. The van der Waals surface area contributed by atoms with Gasteiger partial charge in [0.2, 0.25) is 5.82 Å². The van der Waals surface area contributed by atoms with Gasteiger partial charge in [0.1, 0.15) is 22.2 Å². The van der Waals surface area contributed by atoms with E-state index in [0.29, 0.717) is 0 Å². The van der Waals surface area contributed by atoms with Gasteiger partial charge in [0.05, 0.1) is 5.75 Å². The SMILES string of the molecule is CS(=O)(=O)CCC(NC(=O)c1ncn[nH]1)C(=O)O. The number of aromatic nitrogens is 3. The maximum atomic E-state index is 11.5. The minimum absolute atomic E-state index is 0.138. The summed E-state index contributed by atoms with van der Waals surface area (Å²) in [4.78, 5) is 25.9. The quantitative estimate of drug-likeness (QED) is 0.569. The highest BCUT2D eigenvalue weighted by Gasteiger charge is 2.23. The van der Waals surface area contributed by atoms with E-state index >= 15 is 0 Å². The highest BCUT2D eigenvalue weighted by molar-refractivity contribution is 7.90. The predicted octanol–water partition coefficient (Wildman–Crippen LogP) is -1.58. The van der Waals surface area contributed by atoms with Crippen LogP contribution in [0, 0.1) is 0 Å². The number of rotatable bonds is 6. The Kier molecular flexibility index (Phi) is 4.37. The average Bonchev–Trinajstić information content (AvgIpc) is 2.75. The molecule has 1 aromatic rings. The van der Waals surface area contributed by atoms with Crippen LogP contribution in [0.5, 0.6) is 0 Å². The summed E-state index contributed by atoms with van der Waals surface area (Å²) in [5.41, 5.74) is 0. The Hall–Kier alpha value is -1.97. The molecular weight excluding hydrogens is 264 g/mol. The molecule has 10 heteroatoms. The molecule has 1 aromatic heterocycles. The maximum Gasteiger partial charge on any atom is 0.326 e. The van der Waals surface area contributed by atoms with Crippen LogP contribution in [0.15, 0.2) is 6.33 Å². The first-order valence-electron chi connectivity index (χ1n) is 4.86. The molecule has 0 aromatic carbocycles. The molecule has 1 heterocycles. The molecule has 1 rings (SSSR count). The molecular formula is C8H12N4O5S. The highest BCUT2D eigenvalue weighted by atomic mass is 32.2. The molecule has 0 aliphatic heterocycles. The van der Waals surface area contributed by atoms with Gasteiger partial charge in [0.15, 0.2) is 0 Å². The van der Waals surface area contributed by atoms with Crippen LogP contribution in [0.3, 0.4) is 0 Å². The monoisotopic (exact) mass is 276 g/mol. The van der Waals surface area contributed by atoms with E-state index in [0.717, 1.165) is 12.6 Å².